The van der Waals surface area contributed by atoms with Crippen molar-refractivity contribution in [1.82, 2.24) is 15.1 Å². The van der Waals surface area contributed by atoms with Crippen LogP contribution in [0.4, 0.5) is 5.82 Å². The van der Waals surface area contributed by atoms with Crippen LogP contribution in [0.2, 0.25) is 0 Å². The van der Waals surface area contributed by atoms with Crippen LogP contribution in [-0.4, -0.2) is 15.8 Å². The van der Waals surface area contributed by atoms with Gasteiger partial charge in [0.15, 0.2) is 0 Å². The number of nitrogens with two attached hydrogens (primary N) is 1. The van der Waals surface area contributed by atoms with Crippen molar-refractivity contribution in [3.05, 3.63) is 11.8 Å². The first-order valence-electron chi connectivity index (χ1n) is 5.77. The summed E-state index contributed by atoms with van der Waals surface area (Å²) in [6.45, 7) is 0.852. The van der Waals surface area contributed by atoms with Gasteiger partial charge in [0, 0.05) is 25.2 Å². The third-order valence-corrected chi connectivity index (χ3v) is 3.25. The van der Waals surface area contributed by atoms with Crippen LogP contribution in [0.3, 0.4) is 0 Å². The van der Waals surface area contributed by atoms with Gasteiger partial charge in [-0.3, -0.25) is 4.68 Å². The van der Waals surface area contributed by atoms with E-state index in [9.17, 15) is 0 Å². The summed E-state index contributed by atoms with van der Waals surface area (Å²) in [5.41, 5.74) is 6.99. The van der Waals surface area contributed by atoms with Crippen LogP contribution in [0.1, 0.15) is 37.7 Å². The average molecular weight is 208 g/mol. The Hall–Kier alpha value is -1.03. The number of hydrogen-bond acceptors (Lipinski definition) is 3. The Balaban J connectivity index is 1.84. The highest BCUT2D eigenvalue weighted by Gasteiger charge is 2.13. The molecule has 0 unspecified atom stereocenters. The fraction of sp³-hybridized carbons (Fsp3) is 0.727. The zero-order chi connectivity index (χ0) is 10.7. The zero-order valence-corrected chi connectivity index (χ0v) is 9.37. The highest BCUT2D eigenvalue weighted by Crippen LogP contribution is 2.18. The number of rotatable bonds is 3. The number of aromatic nitrogens is 2. The molecule has 1 fully saturated rings. The van der Waals surface area contributed by atoms with E-state index in [-0.39, 0.29) is 0 Å². The first kappa shape index (κ1) is 10.5. The van der Waals surface area contributed by atoms with Gasteiger partial charge in [-0.1, -0.05) is 19.3 Å². The maximum atomic E-state index is 5.88. The largest absolute Gasteiger partial charge is 0.384 e. The molecule has 0 spiro atoms. The van der Waals surface area contributed by atoms with E-state index in [1.54, 1.807) is 4.68 Å². The topological polar surface area (TPSA) is 55.9 Å². The number of aryl methyl sites for hydroxylation is 1. The minimum Gasteiger partial charge on any atom is -0.384 e. The molecular formula is C11H20N4. The van der Waals surface area contributed by atoms with Gasteiger partial charge in [0.1, 0.15) is 5.82 Å². The van der Waals surface area contributed by atoms with Crippen molar-refractivity contribution >= 4 is 5.82 Å². The SMILES string of the molecule is Cn1ncc(CNC2CCCCC2)c1N. The Kier molecular flexibility index (Phi) is 3.26. The fourth-order valence-electron chi connectivity index (χ4n) is 2.19. The third-order valence-electron chi connectivity index (χ3n) is 3.25. The number of nitrogens with zero attached hydrogens (tertiary/aromatic N) is 2. The maximum Gasteiger partial charge on any atom is 0.125 e. The second-order valence-electron chi connectivity index (χ2n) is 4.39. The number of nitrogen functional groups attached to an aromatic ring is 1. The quantitative estimate of drug-likeness (QED) is 0.790. The normalized spacial score (nSPS) is 18.2. The maximum absolute atomic E-state index is 5.88. The minimum absolute atomic E-state index is 0.679. The summed E-state index contributed by atoms with van der Waals surface area (Å²) < 4.78 is 1.72. The first-order chi connectivity index (χ1) is 7.27. The van der Waals surface area contributed by atoms with Gasteiger partial charge in [-0.2, -0.15) is 5.10 Å². The van der Waals surface area contributed by atoms with Crippen LogP contribution in [0, 0.1) is 0 Å². The minimum atomic E-state index is 0.679. The lowest BCUT2D eigenvalue weighted by Crippen LogP contribution is -2.30. The van der Waals surface area contributed by atoms with Crippen molar-refractivity contribution in [1.29, 1.82) is 0 Å². The molecule has 3 N–H and O–H groups in total. The summed E-state index contributed by atoms with van der Waals surface area (Å²) in [6.07, 6.45) is 8.58. The van der Waals surface area contributed by atoms with Crippen molar-refractivity contribution in [2.24, 2.45) is 7.05 Å². The standard InChI is InChI=1S/C11H20N4/c1-15-11(12)9(8-14-15)7-13-10-5-3-2-4-6-10/h8,10,13H,2-7,12H2,1H3. The molecule has 1 aliphatic rings. The Morgan fingerprint density at radius 1 is 1.47 bits per heavy atom. The van der Waals surface area contributed by atoms with Gasteiger partial charge in [-0.05, 0) is 12.8 Å². The van der Waals surface area contributed by atoms with Crippen LogP contribution in [0.15, 0.2) is 6.20 Å². The molecule has 0 aliphatic heterocycles. The van der Waals surface area contributed by atoms with E-state index in [1.165, 1.54) is 32.1 Å². The Morgan fingerprint density at radius 2 is 2.20 bits per heavy atom. The van der Waals surface area contributed by atoms with E-state index in [1.807, 2.05) is 13.2 Å². The molecule has 1 aliphatic carbocycles. The molecule has 0 atom stereocenters. The molecule has 0 aromatic carbocycles. The highest BCUT2D eigenvalue weighted by molar-refractivity contribution is 5.38. The summed E-state index contributed by atoms with van der Waals surface area (Å²) in [7, 11) is 1.87. The van der Waals surface area contributed by atoms with Crippen molar-refractivity contribution in [2.45, 2.75) is 44.7 Å². The van der Waals surface area contributed by atoms with Crippen LogP contribution in [-0.2, 0) is 13.6 Å². The van der Waals surface area contributed by atoms with E-state index >= 15 is 0 Å². The van der Waals surface area contributed by atoms with E-state index in [4.69, 9.17) is 5.73 Å². The number of nitrogens with one attached hydrogen (secondary N) is 1. The average Bonchev–Trinajstić information content (AvgIpc) is 2.59. The van der Waals surface area contributed by atoms with Gasteiger partial charge in [-0.25, -0.2) is 0 Å². The molecule has 4 nitrogen and oxygen atoms in total. The second-order valence-corrected chi connectivity index (χ2v) is 4.39. The predicted octanol–water partition coefficient (Wildman–Crippen LogP) is 1.42. The van der Waals surface area contributed by atoms with Gasteiger partial charge in [0.25, 0.3) is 0 Å². The van der Waals surface area contributed by atoms with Crippen molar-refractivity contribution in [3.63, 3.8) is 0 Å². The summed E-state index contributed by atoms with van der Waals surface area (Å²) >= 11 is 0. The van der Waals surface area contributed by atoms with Gasteiger partial charge in [0.05, 0.1) is 6.20 Å². The molecule has 1 aromatic rings. The molecule has 0 radical (unpaired) electrons. The molecule has 15 heavy (non-hydrogen) atoms. The summed E-state index contributed by atoms with van der Waals surface area (Å²) in [5, 5.41) is 7.69. The second kappa shape index (κ2) is 4.66. The lowest BCUT2D eigenvalue weighted by atomic mass is 9.95. The molecule has 84 valence electrons. The lowest BCUT2D eigenvalue weighted by molar-refractivity contribution is 0.372. The molecule has 1 aromatic heterocycles. The zero-order valence-electron chi connectivity index (χ0n) is 9.37. The molecule has 2 rings (SSSR count). The van der Waals surface area contributed by atoms with Crippen molar-refractivity contribution in [3.8, 4) is 0 Å². The highest BCUT2D eigenvalue weighted by atomic mass is 15.3. The van der Waals surface area contributed by atoms with Crippen LogP contribution in [0.25, 0.3) is 0 Å². The first-order valence-corrected chi connectivity index (χ1v) is 5.77. The number of anilines is 1. The molecule has 0 amide bonds. The van der Waals surface area contributed by atoms with E-state index in [0.29, 0.717) is 6.04 Å². The Bertz CT molecular complexity index is 312. The Labute approximate surface area is 90.8 Å². The molecular weight excluding hydrogens is 188 g/mol. The fourth-order valence-corrected chi connectivity index (χ4v) is 2.19. The van der Waals surface area contributed by atoms with Crippen LogP contribution >= 0.6 is 0 Å². The van der Waals surface area contributed by atoms with Gasteiger partial charge >= 0.3 is 0 Å². The third kappa shape index (κ3) is 2.50. The van der Waals surface area contributed by atoms with Crippen molar-refractivity contribution < 1.29 is 0 Å². The summed E-state index contributed by atoms with van der Waals surface area (Å²) in [6, 6.07) is 0.679. The van der Waals surface area contributed by atoms with Crippen LogP contribution < -0.4 is 11.1 Å². The van der Waals surface area contributed by atoms with Gasteiger partial charge in [0.2, 0.25) is 0 Å². The van der Waals surface area contributed by atoms with E-state index in [0.717, 1.165) is 17.9 Å². The van der Waals surface area contributed by atoms with Crippen LogP contribution in [0.5, 0.6) is 0 Å². The molecule has 0 bridgehead atoms. The van der Waals surface area contributed by atoms with E-state index in [2.05, 4.69) is 10.4 Å². The smallest absolute Gasteiger partial charge is 0.125 e. The molecule has 1 saturated carbocycles. The Morgan fingerprint density at radius 3 is 2.80 bits per heavy atom. The lowest BCUT2D eigenvalue weighted by Gasteiger charge is -2.22. The monoisotopic (exact) mass is 208 g/mol. The molecule has 1 heterocycles. The van der Waals surface area contributed by atoms with Gasteiger partial charge in [-0.15, -0.1) is 0 Å². The summed E-state index contributed by atoms with van der Waals surface area (Å²) in [4.78, 5) is 0. The molecule has 0 saturated heterocycles. The van der Waals surface area contributed by atoms with E-state index < -0.39 is 0 Å². The van der Waals surface area contributed by atoms with Gasteiger partial charge < -0.3 is 11.1 Å². The predicted molar refractivity (Wildman–Crippen MR) is 61.3 cm³/mol. The number of hydrogen-bond donors (Lipinski definition) is 2. The molecule has 4 heteroatoms. The van der Waals surface area contributed by atoms with Crippen molar-refractivity contribution in [2.75, 3.05) is 5.73 Å². The summed E-state index contributed by atoms with van der Waals surface area (Å²) in [5.74, 6) is 0.776.